The minimum absolute atomic E-state index is 0.00278. The SMILES string of the molecule is COC1CCC(C)N(C(=O)C2CC(=O)N(C(C)c3ccccc3)C2)C1. The highest BCUT2D eigenvalue weighted by Crippen LogP contribution is 2.31. The van der Waals surface area contributed by atoms with E-state index in [2.05, 4.69) is 6.92 Å². The first-order valence-electron chi connectivity index (χ1n) is 9.19. The van der Waals surface area contributed by atoms with Crippen LogP contribution in [0.4, 0.5) is 0 Å². The summed E-state index contributed by atoms with van der Waals surface area (Å²) in [6.07, 6.45) is 2.37. The van der Waals surface area contributed by atoms with Gasteiger partial charge in [0.15, 0.2) is 0 Å². The number of carbonyl (C=O) groups excluding carboxylic acids is 2. The summed E-state index contributed by atoms with van der Waals surface area (Å²) in [5.41, 5.74) is 1.11. The second-order valence-corrected chi connectivity index (χ2v) is 7.31. The van der Waals surface area contributed by atoms with Crippen molar-refractivity contribution in [3.63, 3.8) is 0 Å². The Morgan fingerprint density at radius 3 is 2.60 bits per heavy atom. The lowest BCUT2D eigenvalue weighted by Crippen LogP contribution is -2.50. The minimum Gasteiger partial charge on any atom is -0.380 e. The summed E-state index contributed by atoms with van der Waals surface area (Å²) in [5.74, 6) is -0.0651. The van der Waals surface area contributed by atoms with Crippen LogP contribution in [0, 0.1) is 5.92 Å². The fourth-order valence-electron chi connectivity index (χ4n) is 3.99. The first-order valence-corrected chi connectivity index (χ1v) is 9.19. The van der Waals surface area contributed by atoms with Crippen LogP contribution in [0.2, 0.25) is 0 Å². The molecular formula is C20H28N2O3. The first kappa shape index (κ1) is 17.9. The van der Waals surface area contributed by atoms with E-state index in [9.17, 15) is 9.59 Å². The average Bonchev–Trinajstić information content (AvgIpc) is 3.03. The van der Waals surface area contributed by atoms with Crippen molar-refractivity contribution in [2.24, 2.45) is 5.92 Å². The number of rotatable bonds is 4. The van der Waals surface area contributed by atoms with Crippen LogP contribution < -0.4 is 0 Å². The van der Waals surface area contributed by atoms with Crippen molar-refractivity contribution >= 4 is 11.8 Å². The summed E-state index contributed by atoms with van der Waals surface area (Å²) in [6, 6.07) is 10.2. The Morgan fingerprint density at radius 1 is 1.20 bits per heavy atom. The topological polar surface area (TPSA) is 49.9 Å². The molecule has 2 fully saturated rings. The molecule has 2 heterocycles. The monoisotopic (exact) mass is 344 g/mol. The largest absolute Gasteiger partial charge is 0.380 e. The molecule has 5 nitrogen and oxygen atoms in total. The molecule has 25 heavy (non-hydrogen) atoms. The van der Waals surface area contributed by atoms with Crippen LogP contribution in [0.1, 0.15) is 44.7 Å². The number of hydrogen-bond acceptors (Lipinski definition) is 3. The van der Waals surface area contributed by atoms with Gasteiger partial charge in [0.05, 0.1) is 18.1 Å². The van der Waals surface area contributed by atoms with E-state index in [4.69, 9.17) is 4.74 Å². The third kappa shape index (κ3) is 3.71. The molecule has 4 atom stereocenters. The van der Waals surface area contributed by atoms with Gasteiger partial charge < -0.3 is 14.5 Å². The highest BCUT2D eigenvalue weighted by atomic mass is 16.5. The molecule has 0 aromatic heterocycles. The first-order chi connectivity index (χ1) is 12.0. The number of carbonyl (C=O) groups is 2. The molecule has 1 aromatic carbocycles. The van der Waals surface area contributed by atoms with Crippen LogP contribution in [-0.4, -0.2) is 54.0 Å². The fourth-order valence-corrected chi connectivity index (χ4v) is 3.99. The van der Waals surface area contributed by atoms with Crippen LogP contribution in [-0.2, 0) is 14.3 Å². The highest BCUT2D eigenvalue weighted by molar-refractivity contribution is 5.89. The third-order valence-corrected chi connectivity index (χ3v) is 5.71. The Morgan fingerprint density at radius 2 is 1.92 bits per heavy atom. The zero-order valence-electron chi connectivity index (χ0n) is 15.4. The molecule has 0 aliphatic carbocycles. The maximum atomic E-state index is 13.0. The van der Waals surface area contributed by atoms with Gasteiger partial charge in [-0.2, -0.15) is 0 Å². The Balaban J connectivity index is 1.68. The number of amides is 2. The Labute approximate surface area is 149 Å². The summed E-state index contributed by atoms with van der Waals surface area (Å²) in [4.78, 5) is 29.3. The Bertz CT molecular complexity index is 619. The third-order valence-electron chi connectivity index (χ3n) is 5.71. The molecule has 2 amide bonds. The molecular weight excluding hydrogens is 316 g/mol. The van der Waals surface area contributed by atoms with Gasteiger partial charge in [-0.15, -0.1) is 0 Å². The lowest BCUT2D eigenvalue weighted by atomic mass is 9.98. The van der Waals surface area contributed by atoms with E-state index in [0.29, 0.717) is 19.5 Å². The molecule has 3 rings (SSSR count). The van der Waals surface area contributed by atoms with Gasteiger partial charge in [-0.25, -0.2) is 0 Å². The normalized spacial score (nSPS) is 28.3. The molecule has 136 valence electrons. The van der Waals surface area contributed by atoms with Gasteiger partial charge in [0.1, 0.15) is 0 Å². The number of hydrogen-bond donors (Lipinski definition) is 0. The Hall–Kier alpha value is -1.88. The summed E-state index contributed by atoms with van der Waals surface area (Å²) in [6.45, 7) is 5.26. The van der Waals surface area contributed by atoms with Crippen LogP contribution in [0.5, 0.6) is 0 Å². The molecule has 5 heteroatoms. The molecule has 0 N–H and O–H groups in total. The van der Waals surface area contributed by atoms with E-state index in [1.165, 1.54) is 0 Å². The van der Waals surface area contributed by atoms with Gasteiger partial charge in [0.25, 0.3) is 0 Å². The molecule has 0 spiro atoms. The summed E-state index contributed by atoms with van der Waals surface area (Å²) >= 11 is 0. The van der Waals surface area contributed by atoms with E-state index in [1.54, 1.807) is 7.11 Å². The van der Waals surface area contributed by atoms with Gasteiger partial charge in [0.2, 0.25) is 11.8 Å². The molecule has 2 aliphatic rings. The lowest BCUT2D eigenvalue weighted by molar-refractivity contribution is -0.142. The van der Waals surface area contributed by atoms with E-state index in [1.807, 2.05) is 47.1 Å². The molecule has 4 unspecified atom stereocenters. The summed E-state index contributed by atoms with van der Waals surface area (Å²) in [5, 5.41) is 0. The highest BCUT2D eigenvalue weighted by Gasteiger charge is 2.41. The zero-order chi connectivity index (χ0) is 18.0. The summed E-state index contributed by atoms with van der Waals surface area (Å²) < 4.78 is 5.45. The number of benzene rings is 1. The van der Waals surface area contributed by atoms with Crippen molar-refractivity contribution in [3.8, 4) is 0 Å². The van der Waals surface area contributed by atoms with Crippen LogP contribution in [0.15, 0.2) is 30.3 Å². The average molecular weight is 344 g/mol. The number of likely N-dealkylation sites (tertiary alicyclic amines) is 2. The maximum absolute atomic E-state index is 13.0. The Kier molecular flexibility index (Phi) is 5.42. The van der Waals surface area contributed by atoms with Crippen molar-refractivity contribution in [1.82, 2.24) is 9.80 Å². The molecule has 0 saturated carbocycles. The van der Waals surface area contributed by atoms with E-state index >= 15 is 0 Å². The predicted octanol–water partition coefficient (Wildman–Crippen LogP) is 2.62. The zero-order valence-corrected chi connectivity index (χ0v) is 15.4. The summed E-state index contributed by atoms with van der Waals surface area (Å²) in [7, 11) is 1.70. The molecule has 0 bridgehead atoms. The van der Waals surface area contributed by atoms with Crippen LogP contribution in [0.25, 0.3) is 0 Å². The second-order valence-electron chi connectivity index (χ2n) is 7.31. The second kappa shape index (κ2) is 7.56. The standard InChI is InChI=1S/C20H28N2O3/c1-14-9-10-18(25-3)13-21(14)20(24)17-11-19(23)22(12-17)15(2)16-7-5-4-6-8-16/h4-8,14-15,17-18H,9-13H2,1-3H3. The van der Waals surface area contributed by atoms with Crippen molar-refractivity contribution in [3.05, 3.63) is 35.9 Å². The van der Waals surface area contributed by atoms with Gasteiger partial charge in [-0.1, -0.05) is 30.3 Å². The van der Waals surface area contributed by atoms with Crippen LogP contribution >= 0.6 is 0 Å². The molecule has 2 aliphatic heterocycles. The van der Waals surface area contributed by atoms with Gasteiger partial charge in [-0.3, -0.25) is 9.59 Å². The van der Waals surface area contributed by atoms with Gasteiger partial charge in [-0.05, 0) is 32.3 Å². The minimum atomic E-state index is -0.239. The van der Waals surface area contributed by atoms with Crippen molar-refractivity contribution in [2.45, 2.75) is 51.3 Å². The molecule has 2 saturated heterocycles. The molecule has 1 aromatic rings. The number of ether oxygens (including phenoxy) is 1. The van der Waals surface area contributed by atoms with Crippen molar-refractivity contribution in [2.75, 3.05) is 20.2 Å². The predicted molar refractivity (Wildman–Crippen MR) is 95.9 cm³/mol. The van der Waals surface area contributed by atoms with E-state index in [0.717, 1.165) is 18.4 Å². The maximum Gasteiger partial charge on any atom is 0.228 e. The van der Waals surface area contributed by atoms with Crippen molar-refractivity contribution < 1.29 is 14.3 Å². The number of nitrogens with zero attached hydrogens (tertiary/aromatic N) is 2. The number of piperidine rings is 1. The quantitative estimate of drug-likeness (QED) is 0.844. The molecule has 0 radical (unpaired) electrons. The van der Waals surface area contributed by atoms with E-state index in [-0.39, 0.29) is 35.9 Å². The van der Waals surface area contributed by atoms with Gasteiger partial charge in [0, 0.05) is 32.7 Å². The van der Waals surface area contributed by atoms with Gasteiger partial charge >= 0.3 is 0 Å². The van der Waals surface area contributed by atoms with Crippen LogP contribution in [0.3, 0.4) is 0 Å². The van der Waals surface area contributed by atoms with E-state index < -0.39 is 0 Å². The number of methoxy groups -OCH3 is 1. The fraction of sp³-hybridized carbons (Fsp3) is 0.600. The lowest BCUT2D eigenvalue weighted by Gasteiger charge is -2.38. The smallest absolute Gasteiger partial charge is 0.228 e. The van der Waals surface area contributed by atoms with Crippen molar-refractivity contribution in [1.29, 1.82) is 0 Å².